The normalized spacial score (nSPS) is 35.8. The molecule has 2 rings (SSSR count). The van der Waals surface area contributed by atoms with E-state index in [1.165, 1.54) is 0 Å². The topological polar surface area (TPSA) is 105 Å². The van der Waals surface area contributed by atoms with Crippen LogP contribution in [-0.2, 0) is 49.3 Å². The van der Waals surface area contributed by atoms with E-state index in [2.05, 4.69) is 8.37 Å². The largest absolute Gasteiger partial charge is 0.400 e. The highest BCUT2D eigenvalue weighted by atomic mass is 32.3. The van der Waals surface area contributed by atoms with Crippen LogP contribution in [0.5, 0.6) is 0 Å². The van der Waals surface area contributed by atoms with Crippen molar-refractivity contribution in [2.45, 2.75) is 25.0 Å². The smallest absolute Gasteiger partial charge is 0.285 e. The molecule has 0 spiro atoms. The van der Waals surface area contributed by atoms with Crippen LogP contribution in [-0.4, -0.2) is 53.8 Å². The molecule has 4 atom stereocenters. The van der Waals surface area contributed by atoms with E-state index in [1.807, 2.05) is 0 Å². The van der Waals surface area contributed by atoms with Crippen molar-refractivity contribution < 1.29 is 33.6 Å². The first-order valence-corrected chi connectivity index (χ1v) is 9.41. The molecule has 2 aliphatic rings. The van der Waals surface area contributed by atoms with Crippen LogP contribution in [0.3, 0.4) is 0 Å². The van der Waals surface area contributed by atoms with E-state index in [9.17, 15) is 16.8 Å². The highest BCUT2D eigenvalue weighted by Crippen LogP contribution is 2.16. The van der Waals surface area contributed by atoms with Crippen LogP contribution >= 0.6 is 0 Å². The molecule has 11 heteroatoms. The summed E-state index contributed by atoms with van der Waals surface area (Å²) in [5, 5.41) is 0. The van der Waals surface area contributed by atoms with Crippen molar-refractivity contribution in [1.29, 1.82) is 0 Å². The molecule has 0 N–H and O–H groups in total. The van der Waals surface area contributed by atoms with E-state index < -0.39 is 44.8 Å². The van der Waals surface area contributed by atoms with E-state index in [4.69, 9.17) is 8.37 Å². The third-order valence-electron chi connectivity index (χ3n) is 2.50. The molecule has 2 fully saturated rings. The zero-order chi connectivity index (χ0) is 13.9. The zero-order valence-corrected chi connectivity index (χ0v) is 12.3. The number of hydrogen-bond donors (Lipinski definition) is 0. The summed E-state index contributed by atoms with van der Waals surface area (Å²) in [7, 11) is -4.15. The van der Waals surface area contributed by atoms with E-state index in [0.717, 1.165) is 0 Å². The second-order valence-electron chi connectivity index (χ2n) is 4.01. The fourth-order valence-electron chi connectivity index (χ4n) is 1.53. The fourth-order valence-corrected chi connectivity index (χ4v) is 4.24. The number of rotatable bonds is 6. The summed E-state index contributed by atoms with van der Waals surface area (Å²) >= 11 is -2.72. The molecular weight excluding hydrogens is 320 g/mol. The maximum Gasteiger partial charge on any atom is 0.400 e. The van der Waals surface area contributed by atoms with Gasteiger partial charge in [0, 0.05) is 0 Å². The molecule has 0 aromatic carbocycles. The standard InChI is InChI=1S/C8H14O8S3/c9-17-3-1-7(15-17)5-13-19(11,12)14-6-8-2-4-18(10)16-8/h7-8H,1-6H2. The van der Waals surface area contributed by atoms with Crippen molar-refractivity contribution in [2.24, 2.45) is 0 Å². The first-order chi connectivity index (χ1) is 8.94. The quantitative estimate of drug-likeness (QED) is 0.620. The molecule has 0 amide bonds. The average Bonchev–Trinajstić information content (AvgIpc) is 2.93. The van der Waals surface area contributed by atoms with Gasteiger partial charge >= 0.3 is 10.4 Å². The minimum Gasteiger partial charge on any atom is -0.285 e. The van der Waals surface area contributed by atoms with Crippen molar-refractivity contribution in [2.75, 3.05) is 24.7 Å². The fraction of sp³-hybridized carbons (Fsp3) is 1.00. The maximum absolute atomic E-state index is 11.4. The van der Waals surface area contributed by atoms with Crippen LogP contribution in [0.4, 0.5) is 0 Å². The van der Waals surface area contributed by atoms with Gasteiger partial charge in [-0.3, -0.25) is 8.37 Å². The monoisotopic (exact) mass is 334 g/mol. The minimum absolute atomic E-state index is 0.231. The van der Waals surface area contributed by atoms with Gasteiger partial charge in [0.25, 0.3) is 0 Å². The van der Waals surface area contributed by atoms with Gasteiger partial charge in [-0.2, -0.15) is 8.42 Å². The van der Waals surface area contributed by atoms with E-state index in [-0.39, 0.29) is 13.2 Å². The molecule has 112 valence electrons. The minimum atomic E-state index is -4.15. The molecule has 0 aliphatic carbocycles. The van der Waals surface area contributed by atoms with Crippen LogP contribution in [0.15, 0.2) is 0 Å². The van der Waals surface area contributed by atoms with Crippen LogP contribution < -0.4 is 0 Å². The van der Waals surface area contributed by atoms with Crippen molar-refractivity contribution in [3.63, 3.8) is 0 Å². The van der Waals surface area contributed by atoms with Crippen LogP contribution in [0.2, 0.25) is 0 Å². The number of hydrogen-bond acceptors (Lipinski definition) is 8. The third-order valence-corrected chi connectivity index (χ3v) is 5.46. The molecule has 2 saturated heterocycles. The van der Waals surface area contributed by atoms with Crippen molar-refractivity contribution >= 4 is 32.6 Å². The zero-order valence-electron chi connectivity index (χ0n) is 9.89. The first kappa shape index (κ1) is 15.5. The van der Waals surface area contributed by atoms with Gasteiger partial charge in [-0.1, -0.05) is 0 Å². The average molecular weight is 334 g/mol. The van der Waals surface area contributed by atoms with Gasteiger partial charge in [0.05, 0.1) is 24.7 Å². The van der Waals surface area contributed by atoms with Gasteiger partial charge < -0.3 is 0 Å². The Balaban J connectivity index is 1.69. The van der Waals surface area contributed by atoms with E-state index in [0.29, 0.717) is 24.3 Å². The van der Waals surface area contributed by atoms with Crippen molar-refractivity contribution in [3.05, 3.63) is 0 Å². The molecule has 0 bridgehead atoms. The third kappa shape index (κ3) is 5.17. The summed E-state index contributed by atoms with van der Waals surface area (Å²) < 4.78 is 63.7. The Morgan fingerprint density at radius 2 is 1.37 bits per heavy atom. The van der Waals surface area contributed by atoms with Gasteiger partial charge in [0.2, 0.25) is 0 Å². The molecule has 0 saturated carbocycles. The van der Waals surface area contributed by atoms with Gasteiger partial charge in [-0.05, 0) is 12.8 Å². The SMILES string of the molecule is O=S1CCC(COS(=O)(=O)OCC2CCS(=O)O2)O1. The lowest BCUT2D eigenvalue weighted by molar-refractivity contribution is 0.112. The summed E-state index contributed by atoms with van der Waals surface area (Å²) in [6.45, 7) is -0.461. The van der Waals surface area contributed by atoms with E-state index >= 15 is 0 Å². The lowest BCUT2D eigenvalue weighted by Crippen LogP contribution is -2.23. The highest BCUT2D eigenvalue weighted by molar-refractivity contribution is 7.82. The molecule has 2 aliphatic heterocycles. The van der Waals surface area contributed by atoms with Crippen LogP contribution in [0.25, 0.3) is 0 Å². The first-order valence-electron chi connectivity index (χ1n) is 5.59. The Hall–Kier alpha value is 0.0900. The Labute approximate surface area is 116 Å². The Morgan fingerprint density at radius 1 is 0.947 bits per heavy atom. The summed E-state index contributed by atoms with van der Waals surface area (Å²) in [5.74, 6) is 0.743. The van der Waals surface area contributed by atoms with Gasteiger partial charge in [0.1, 0.15) is 12.2 Å². The van der Waals surface area contributed by atoms with Crippen molar-refractivity contribution in [1.82, 2.24) is 0 Å². The van der Waals surface area contributed by atoms with Crippen LogP contribution in [0, 0.1) is 0 Å². The molecule has 0 radical (unpaired) electrons. The molecule has 0 aromatic heterocycles. The molecule has 2 heterocycles. The van der Waals surface area contributed by atoms with Gasteiger partial charge in [-0.25, -0.2) is 16.8 Å². The summed E-state index contributed by atoms with van der Waals surface area (Å²) in [4.78, 5) is 0. The second kappa shape index (κ2) is 6.70. The Bertz CT molecular complexity index is 425. The van der Waals surface area contributed by atoms with E-state index in [1.54, 1.807) is 0 Å². The van der Waals surface area contributed by atoms with Crippen molar-refractivity contribution in [3.8, 4) is 0 Å². The Morgan fingerprint density at radius 3 is 1.68 bits per heavy atom. The lowest BCUT2D eigenvalue weighted by atomic mass is 10.3. The molecular formula is C8H14O8S3. The maximum atomic E-state index is 11.4. The van der Waals surface area contributed by atoms with Gasteiger partial charge in [0.15, 0.2) is 22.2 Å². The summed E-state index contributed by atoms with van der Waals surface area (Å²) in [6.07, 6.45) is -0.0523. The lowest BCUT2D eigenvalue weighted by Gasteiger charge is -2.11. The summed E-state index contributed by atoms with van der Waals surface area (Å²) in [5.41, 5.74) is 0. The molecule has 4 unspecified atom stereocenters. The molecule has 8 nitrogen and oxygen atoms in total. The second-order valence-corrected chi connectivity index (χ2v) is 7.71. The predicted octanol–water partition coefficient (Wildman–Crippen LogP) is -0.830. The van der Waals surface area contributed by atoms with Crippen LogP contribution in [0.1, 0.15) is 12.8 Å². The molecule has 19 heavy (non-hydrogen) atoms. The highest BCUT2D eigenvalue weighted by Gasteiger charge is 2.27. The Kier molecular flexibility index (Phi) is 5.45. The summed E-state index contributed by atoms with van der Waals surface area (Å²) in [6, 6.07) is 0. The molecule has 0 aromatic rings. The predicted molar refractivity (Wildman–Crippen MR) is 65.8 cm³/mol. The van der Waals surface area contributed by atoms with Gasteiger partial charge in [-0.15, -0.1) is 0 Å².